The number of carbonyl (C=O) groups excluding carboxylic acids is 2. The number of nitrogens with one attached hydrogen (secondary N) is 2. The highest BCUT2D eigenvalue weighted by atomic mass is 19.1. The maximum absolute atomic E-state index is 13.3. The number of aromatic hydroxyl groups is 1. The second-order valence-electron chi connectivity index (χ2n) is 6.78. The lowest BCUT2D eigenvalue weighted by molar-refractivity contribution is 0.101. The van der Waals surface area contributed by atoms with Gasteiger partial charge in [0.1, 0.15) is 17.4 Å². The molecule has 1 heterocycles. The SMILES string of the molecule is O=C(Nc1ccc(C(=O)Nc2ccn(-c3ccccc3)n2)c(O)c1)c1cc(F)cc(F)c1. The van der Waals surface area contributed by atoms with Crippen LogP contribution in [0.5, 0.6) is 5.75 Å². The maximum atomic E-state index is 13.3. The van der Waals surface area contributed by atoms with E-state index < -0.39 is 29.2 Å². The second kappa shape index (κ2) is 8.68. The number of halogens is 2. The minimum absolute atomic E-state index is 0.0472. The van der Waals surface area contributed by atoms with Crippen molar-refractivity contribution in [3.8, 4) is 11.4 Å². The van der Waals surface area contributed by atoms with Gasteiger partial charge in [0.2, 0.25) is 0 Å². The van der Waals surface area contributed by atoms with Gasteiger partial charge < -0.3 is 15.7 Å². The van der Waals surface area contributed by atoms with E-state index >= 15 is 0 Å². The molecule has 1 aromatic heterocycles. The molecule has 2 amide bonds. The van der Waals surface area contributed by atoms with Gasteiger partial charge in [-0.15, -0.1) is 0 Å². The standard InChI is InChI=1S/C23H16F2N4O3/c24-15-10-14(11-16(25)12-15)22(31)26-17-6-7-19(20(30)13-17)23(32)27-21-8-9-29(28-21)18-4-2-1-3-5-18/h1-13,30H,(H,26,31)(H,27,28,32). The first kappa shape index (κ1) is 20.7. The lowest BCUT2D eigenvalue weighted by atomic mass is 10.1. The van der Waals surface area contributed by atoms with Crippen molar-refractivity contribution in [3.05, 3.63) is 102 Å². The molecule has 9 heteroatoms. The number of rotatable bonds is 5. The Morgan fingerprint density at radius 3 is 2.25 bits per heavy atom. The topological polar surface area (TPSA) is 96.3 Å². The number of anilines is 2. The van der Waals surface area contributed by atoms with Gasteiger partial charge in [0.05, 0.1) is 11.3 Å². The highest BCUT2D eigenvalue weighted by Gasteiger charge is 2.15. The predicted molar refractivity (Wildman–Crippen MR) is 114 cm³/mol. The first-order valence-corrected chi connectivity index (χ1v) is 9.42. The molecule has 0 bridgehead atoms. The zero-order chi connectivity index (χ0) is 22.7. The van der Waals surface area contributed by atoms with Gasteiger partial charge >= 0.3 is 0 Å². The molecule has 0 saturated carbocycles. The van der Waals surface area contributed by atoms with E-state index in [0.29, 0.717) is 6.07 Å². The number of benzene rings is 3. The smallest absolute Gasteiger partial charge is 0.260 e. The average Bonchev–Trinajstić information content (AvgIpc) is 3.22. The number of phenols is 1. The van der Waals surface area contributed by atoms with Crippen molar-refractivity contribution in [1.29, 1.82) is 0 Å². The van der Waals surface area contributed by atoms with Crippen LogP contribution in [0.4, 0.5) is 20.3 Å². The van der Waals surface area contributed by atoms with Crippen LogP contribution in [0.3, 0.4) is 0 Å². The molecule has 0 unspecified atom stereocenters. The number of nitrogens with zero attached hydrogens (tertiary/aromatic N) is 2. The molecular weight excluding hydrogens is 418 g/mol. The van der Waals surface area contributed by atoms with Gasteiger partial charge in [-0.2, -0.15) is 5.10 Å². The Hall–Kier alpha value is -4.53. The summed E-state index contributed by atoms with van der Waals surface area (Å²) >= 11 is 0. The van der Waals surface area contributed by atoms with E-state index in [1.807, 2.05) is 30.3 Å². The second-order valence-corrected chi connectivity index (χ2v) is 6.78. The number of carbonyl (C=O) groups is 2. The van der Waals surface area contributed by atoms with E-state index in [2.05, 4.69) is 15.7 Å². The normalized spacial score (nSPS) is 10.6. The van der Waals surface area contributed by atoms with Gasteiger partial charge in [-0.1, -0.05) is 18.2 Å². The van der Waals surface area contributed by atoms with Crippen LogP contribution in [0.25, 0.3) is 5.69 Å². The molecule has 4 aromatic rings. The van der Waals surface area contributed by atoms with Crippen molar-refractivity contribution < 1.29 is 23.5 Å². The highest BCUT2D eigenvalue weighted by molar-refractivity contribution is 6.07. The number of aromatic nitrogens is 2. The number of hydrogen-bond donors (Lipinski definition) is 3. The molecule has 4 rings (SSSR count). The summed E-state index contributed by atoms with van der Waals surface area (Å²) in [5.74, 6) is -3.27. The van der Waals surface area contributed by atoms with Crippen molar-refractivity contribution in [3.63, 3.8) is 0 Å². The molecule has 3 aromatic carbocycles. The van der Waals surface area contributed by atoms with E-state index in [1.165, 1.54) is 12.1 Å². The Balaban J connectivity index is 1.45. The minimum atomic E-state index is -0.889. The lowest BCUT2D eigenvalue weighted by Gasteiger charge is -2.09. The monoisotopic (exact) mass is 434 g/mol. The summed E-state index contributed by atoms with van der Waals surface area (Å²) in [5, 5.41) is 19.5. The summed E-state index contributed by atoms with van der Waals surface area (Å²) in [6.45, 7) is 0. The molecule has 0 aliphatic carbocycles. The molecule has 3 N–H and O–H groups in total. The molecule has 0 aliphatic heterocycles. The molecule has 160 valence electrons. The Bertz CT molecular complexity index is 1290. The molecule has 7 nitrogen and oxygen atoms in total. The molecule has 0 spiro atoms. The van der Waals surface area contributed by atoms with Crippen LogP contribution < -0.4 is 10.6 Å². The lowest BCUT2D eigenvalue weighted by Crippen LogP contribution is -2.14. The van der Waals surface area contributed by atoms with E-state index in [1.54, 1.807) is 16.9 Å². The molecular formula is C23H16F2N4O3. The Kier molecular flexibility index (Phi) is 5.63. The van der Waals surface area contributed by atoms with E-state index in [0.717, 1.165) is 23.9 Å². The van der Waals surface area contributed by atoms with Crippen LogP contribution >= 0.6 is 0 Å². The number of amides is 2. The summed E-state index contributed by atoms with van der Waals surface area (Å²) in [7, 11) is 0. The van der Waals surface area contributed by atoms with Gasteiger partial charge in [0, 0.05) is 35.6 Å². The van der Waals surface area contributed by atoms with Gasteiger partial charge in [-0.25, -0.2) is 13.5 Å². The van der Waals surface area contributed by atoms with Crippen LogP contribution in [0, 0.1) is 11.6 Å². The Morgan fingerprint density at radius 1 is 0.844 bits per heavy atom. The van der Waals surface area contributed by atoms with E-state index in [9.17, 15) is 23.5 Å². The van der Waals surface area contributed by atoms with Gasteiger partial charge in [-0.3, -0.25) is 9.59 Å². The first-order valence-electron chi connectivity index (χ1n) is 9.42. The van der Waals surface area contributed by atoms with Crippen molar-refractivity contribution >= 4 is 23.3 Å². The van der Waals surface area contributed by atoms with Crippen LogP contribution in [-0.2, 0) is 0 Å². The third kappa shape index (κ3) is 4.62. The fourth-order valence-corrected chi connectivity index (χ4v) is 2.99. The minimum Gasteiger partial charge on any atom is -0.507 e. The van der Waals surface area contributed by atoms with Gasteiger partial charge in [-0.05, 0) is 36.4 Å². The summed E-state index contributed by atoms with van der Waals surface area (Å²) in [4.78, 5) is 24.7. The van der Waals surface area contributed by atoms with Crippen molar-refractivity contribution in [1.82, 2.24) is 9.78 Å². The number of para-hydroxylation sites is 1. The van der Waals surface area contributed by atoms with E-state index in [-0.39, 0.29) is 22.6 Å². The van der Waals surface area contributed by atoms with Crippen LogP contribution in [0.15, 0.2) is 79.0 Å². The quantitative estimate of drug-likeness (QED) is 0.435. The van der Waals surface area contributed by atoms with Gasteiger partial charge in [0.15, 0.2) is 5.82 Å². The molecule has 0 saturated heterocycles. The Morgan fingerprint density at radius 2 is 1.56 bits per heavy atom. The fraction of sp³-hybridized carbons (Fsp3) is 0. The first-order chi connectivity index (χ1) is 15.4. The zero-order valence-electron chi connectivity index (χ0n) is 16.4. The fourth-order valence-electron chi connectivity index (χ4n) is 2.99. The van der Waals surface area contributed by atoms with Crippen LogP contribution in [-0.4, -0.2) is 26.7 Å². The number of hydrogen-bond acceptors (Lipinski definition) is 4. The summed E-state index contributed by atoms with van der Waals surface area (Å²) in [6, 6.07) is 17.2. The summed E-state index contributed by atoms with van der Waals surface area (Å²) < 4.78 is 28.2. The Labute approximate surface area is 180 Å². The van der Waals surface area contributed by atoms with Crippen LogP contribution in [0.1, 0.15) is 20.7 Å². The highest BCUT2D eigenvalue weighted by Crippen LogP contribution is 2.24. The van der Waals surface area contributed by atoms with Crippen LogP contribution in [0.2, 0.25) is 0 Å². The average molecular weight is 434 g/mol. The third-order valence-electron chi connectivity index (χ3n) is 4.48. The molecule has 0 fully saturated rings. The summed E-state index contributed by atoms with van der Waals surface area (Å²) in [6.07, 6.45) is 1.68. The zero-order valence-corrected chi connectivity index (χ0v) is 16.4. The largest absolute Gasteiger partial charge is 0.507 e. The summed E-state index contributed by atoms with van der Waals surface area (Å²) in [5.41, 5.74) is 0.683. The van der Waals surface area contributed by atoms with E-state index in [4.69, 9.17) is 0 Å². The molecule has 0 radical (unpaired) electrons. The molecule has 0 atom stereocenters. The maximum Gasteiger partial charge on any atom is 0.260 e. The molecule has 0 aliphatic rings. The number of phenolic OH excluding ortho intramolecular Hbond substituents is 1. The molecule has 32 heavy (non-hydrogen) atoms. The van der Waals surface area contributed by atoms with Crippen molar-refractivity contribution in [2.24, 2.45) is 0 Å². The van der Waals surface area contributed by atoms with Gasteiger partial charge in [0.25, 0.3) is 11.8 Å². The third-order valence-corrected chi connectivity index (χ3v) is 4.48. The predicted octanol–water partition coefficient (Wildman–Crippen LogP) is 4.36. The van der Waals surface area contributed by atoms with Crippen molar-refractivity contribution in [2.75, 3.05) is 10.6 Å². The van der Waals surface area contributed by atoms with Crippen molar-refractivity contribution in [2.45, 2.75) is 0 Å².